The first kappa shape index (κ1) is 15.0. The minimum Gasteiger partial charge on any atom is -0.504 e. The molecule has 128 valence electrons. The average molecular weight is 344 g/mol. The number of aromatic hydroxyl groups is 3. The highest BCUT2D eigenvalue weighted by Crippen LogP contribution is 2.51. The van der Waals surface area contributed by atoms with Crippen LogP contribution in [0, 0.1) is 0 Å². The predicted octanol–water partition coefficient (Wildman–Crippen LogP) is 2.31. The fourth-order valence-corrected chi connectivity index (χ4v) is 2.84. The Bertz CT molecular complexity index is 1070. The highest BCUT2D eigenvalue weighted by Gasteiger charge is 2.30. The Labute approximate surface area is 140 Å². The molecule has 0 saturated carbocycles. The van der Waals surface area contributed by atoms with E-state index in [-0.39, 0.29) is 51.9 Å². The Balaban J connectivity index is 2.09. The third-order valence-electron chi connectivity index (χ3n) is 3.98. The predicted molar refractivity (Wildman–Crippen MR) is 85.6 cm³/mol. The molecular formula is C17H12O8. The van der Waals surface area contributed by atoms with Crippen LogP contribution in [0.4, 0.5) is 0 Å². The van der Waals surface area contributed by atoms with Crippen molar-refractivity contribution in [3.05, 3.63) is 34.7 Å². The molecule has 1 aliphatic heterocycles. The minimum atomic E-state index is -0.628. The van der Waals surface area contributed by atoms with Crippen LogP contribution in [0.1, 0.15) is 0 Å². The number of phenolic OH excluding ortho intramolecular Hbond substituents is 3. The van der Waals surface area contributed by atoms with Crippen LogP contribution in [0.3, 0.4) is 0 Å². The molecule has 0 saturated heterocycles. The number of hydrogen-bond acceptors (Lipinski definition) is 8. The van der Waals surface area contributed by atoms with Gasteiger partial charge < -0.3 is 33.9 Å². The summed E-state index contributed by atoms with van der Waals surface area (Å²) in [6.45, 7) is -0.200. The number of para-hydroxylation sites is 1. The number of methoxy groups -OCH3 is 1. The van der Waals surface area contributed by atoms with Crippen molar-refractivity contribution < 1.29 is 33.9 Å². The molecule has 0 unspecified atom stereocenters. The number of hydrogen-bond donors (Lipinski definition) is 3. The van der Waals surface area contributed by atoms with Gasteiger partial charge in [0.05, 0.1) is 12.7 Å². The highest BCUT2D eigenvalue weighted by molar-refractivity contribution is 5.96. The second-order valence-corrected chi connectivity index (χ2v) is 5.30. The van der Waals surface area contributed by atoms with E-state index >= 15 is 0 Å². The second-order valence-electron chi connectivity index (χ2n) is 5.30. The maximum absolute atomic E-state index is 12.9. The molecule has 2 heterocycles. The summed E-state index contributed by atoms with van der Waals surface area (Å²) in [5, 5.41) is 30.2. The fraction of sp³-hybridized carbons (Fsp3) is 0.118. The van der Waals surface area contributed by atoms with Gasteiger partial charge in [-0.25, -0.2) is 0 Å². The van der Waals surface area contributed by atoms with Gasteiger partial charge in [0.25, 0.3) is 0 Å². The van der Waals surface area contributed by atoms with Crippen molar-refractivity contribution in [3.8, 4) is 45.6 Å². The topological polar surface area (TPSA) is 119 Å². The zero-order chi connectivity index (χ0) is 17.7. The van der Waals surface area contributed by atoms with Gasteiger partial charge in [0.2, 0.25) is 29.5 Å². The van der Waals surface area contributed by atoms with Crippen molar-refractivity contribution >= 4 is 11.0 Å². The lowest BCUT2D eigenvalue weighted by molar-refractivity contribution is 0.169. The molecule has 8 nitrogen and oxygen atoms in total. The Kier molecular flexibility index (Phi) is 3.14. The van der Waals surface area contributed by atoms with E-state index in [2.05, 4.69) is 0 Å². The van der Waals surface area contributed by atoms with Crippen LogP contribution in [0.5, 0.6) is 34.5 Å². The van der Waals surface area contributed by atoms with Crippen LogP contribution in [-0.2, 0) is 0 Å². The lowest BCUT2D eigenvalue weighted by atomic mass is 10.0. The first-order valence-electron chi connectivity index (χ1n) is 7.20. The van der Waals surface area contributed by atoms with Gasteiger partial charge in [-0.1, -0.05) is 12.1 Å². The van der Waals surface area contributed by atoms with Crippen LogP contribution < -0.4 is 19.6 Å². The van der Waals surface area contributed by atoms with Gasteiger partial charge in [-0.3, -0.25) is 4.79 Å². The summed E-state index contributed by atoms with van der Waals surface area (Å²) >= 11 is 0. The van der Waals surface area contributed by atoms with Gasteiger partial charge in [-0.2, -0.15) is 0 Å². The van der Waals surface area contributed by atoms with E-state index in [1.165, 1.54) is 19.2 Å². The molecule has 8 heteroatoms. The molecule has 0 radical (unpaired) electrons. The number of phenols is 3. The standard InChI is InChI=1S/C17H12O8/c1-22-14-7(3-2-4-9(14)18)8-5-23-15-10(11(8)19)12(20)16-17(13(15)21)25-6-24-16/h2-5,18,20-21H,6H2,1H3. The van der Waals surface area contributed by atoms with Crippen molar-refractivity contribution in [2.24, 2.45) is 0 Å². The molecule has 3 N–H and O–H groups in total. The van der Waals surface area contributed by atoms with Crippen LogP contribution in [0.2, 0.25) is 0 Å². The zero-order valence-electron chi connectivity index (χ0n) is 12.9. The minimum absolute atomic E-state index is 0.0359. The lowest BCUT2D eigenvalue weighted by Crippen LogP contribution is -2.06. The molecule has 3 aromatic rings. The van der Waals surface area contributed by atoms with Gasteiger partial charge in [0, 0.05) is 5.56 Å². The zero-order valence-corrected chi connectivity index (χ0v) is 12.9. The summed E-state index contributed by atoms with van der Waals surface area (Å²) in [6, 6.07) is 4.50. The number of rotatable bonds is 2. The van der Waals surface area contributed by atoms with E-state index < -0.39 is 16.9 Å². The Hall–Kier alpha value is -3.55. The normalized spacial score (nSPS) is 12.5. The van der Waals surface area contributed by atoms with Crippen LogP contribution in [0.25, 0.3) is 22.1 Å². The Morgan fingerprint density at radius 2 is 1.76 bits per heavy atom. The van der Waals surface area contributed by atoms with Gasteiger partial charge in [0.1, 0.15) is 11.6 Å². The smallest absolute Gasteiger partial charge is 0.231 e. The van der Waals surface area contributed by atoms with Gasteiger partial charge in [0.15, 0.2) is 22.8 Å². The summed E-state index contributed by atoms with van der Waals surface area (Å²) in [6.07, 6.45) is 1.11. The van der Waals surface area contributed by atoms with Crippen molar-refractivity contribution in [2.45, 2.75) is 0 Å². The van der Waals surface area contributed by atoms with E-state index in [0.717, 1.165) is 6.26 Å². The van der Waals surface area contributed by atoms with Gasteiger partial charge >= 0.3 is 0 Å². The molecule has 4 rings (SSSR count). The molecule has 2 aromatic carbocycles. The first-order valence-corrected chi connectivity index (χ1v) is 7.20. The third-order valence-corrected chi connectivity index (χ3v) is 3.98. The third kappa shape index (κ3) is 1.97. The molecular weight excluding hydrogens is 332 g/mol. The molecule has 0 atom stereocenters. The van der Waals surface area contributed by atoms with Crippen LogP contribution >= 0.6 is 0 Å². The van der Waals surface area contributed by atoms with E-state index in [0.29, 0.717) is 0 Å². The van der Waals surface area contributed by atoms with Gasteiger partial charge in [-0.05, 0) is 6.07 Å². The molecule has 0 spiro atoms. The Morgan fingerprint density at radius 3 is 2.48 bits per heavy atom. The van der Waals surface area contributed by atoms with E-state index in [1.54, 1.807) is 6.07 Å². The molecule has 0 fully saturated rings. The maximum atomic E-state index is 12.9. The molecule has 25 heavy (non-hydrogen) atoms. The monoisotopic (exact) mass is 344 g/mol. The van der Waals surface area contributed by atoms with Crippen LogP contribution in [-0.4, -0.2) is 29.2 Å². The number of fused-ring (bicyclic) bond motifs is 2. The van der Waals surface area contributed by atoms with Crippen LogP contribution in [0.15, 0.2) is 33.7 Å². The largest absolute Gasteiger partial charge is 0.504 e. The highest BCUT2D eigenvalue weighted by atomic mass is 16.7. The van der Waals surface area contributed by atoms with Gasteiger partial charge in [-0.15, -0.1) is 0 Å². The second kappa shape index (κ2) is 5.23. The summed E-state index contributed by atoms with van der Waals surface area (Å²) in [5.74, 6) is -1.22. The quantitative estimate of drug-likeness (QED) is 0.606. The van der Waals surface area contributed by atoms with Crippen molar-refractivity contribution in [1.82, 2.24) is 0 Å². The molecule has 0 amide bonds. The average Bonchev–Trinajstić information content (AvgIpc) is 3.09. The van der Waals surface area contributed by atoms with E-state index in [1.807, 2.05) is 0 Å². The lowest BCUT2D eigenvalue weighted by Gasteiger charge is -2.11. The summed E-state index contributed by atoms with van der Waals surface area (Å²) < 4.78 is 20.7. The van der Waals surface area contributed by atoms with Crippen molar-refractivity contribution in [1.29, 1.82) is 0 Å². The Morgan fingerprint density at radius 1 is 1.04 bits per heavy atom. The summed E-state index contributed by atoms with van der Waals surface area (Å²) in [7, 11) is 1.35. The molecule has 1 aliphatic rings. The molecule has 0 bridgehead atoms. The van der Waals surface area contributed by atoms with Crippen molar-refractivity contribution in [3.63, 3.8) is 0 Å². The SMILES string of the molecule is COc1c(O)cccc1-c1coc2c(O)c3c(c(O)c2c1=O)OCO3. The maximum Gasteiger partial charge on any atom is 0.231 e. The van der Waals surface area contributed by atoms with Crippen molar-refractivity contribution in [2.75, 3.05) is 13.9 Å². The van der Waals surface area contributed by atoms with E-state index in [4.69, 9.17) is 18.6 Å². The summed E-state index contributed by atoms with van der Waals surface area (Å²) in [4.78, 5) is 12.9. The first-order chi connectivity index (χ1) is 12.0. The van der Waals surface area contributed by atoms with E-state index in [9.17, 15) is 20.1 Å². The molecule has 0 aliphatic carbocycles. The fourth-order valence-electron chi connectivity index (χ4n) is 2.84. The number of ether oxygens (including phenoxy) is 3. The number of benzene rings is 2. The molecule has 1 aromatic heterocycles. The summed E-state index contributed by atoms with van der Waals surface area (Å²) in [5.41, 5.74) is -0.547.